The van der Waals surface area contributed by atoms with Gasteiger partial charge in [0.05, 0.1) is 18.8 Å². The van der Waals surface area contributed by atoms with Crippen LogP contribution in [0.25, 0.3) is 0 Å². The van der Waals surface area contributed by atoms with Gasteiger partial charge in [0.25, 0.3) is 0 Å². The summed E-state index contributed by atoms with van der Waals surface area (Å²) < 4.78 is 0. The summed E-state index contributed by atoms with van der Waals surface area (Å²) in [6, 6.07) is -0.985. The molecule has 0 aromatic rings. The SMILES string of the molecule is CCCCCCCCCCCCCC/C=C\CCCCCCCCCCC(O)C(=O)NC(CO)C(O)C(O)CCCCCCCCCCCCCCCCCCCCCCCCCC. The Morgan fingerprint density at radius 3 is 0.906 bits per heavy atom. The number of hydrogen-bond acceptors (Lipinski definition) is 5. The van der Waals surface area contributed by atoms with E-state index in [9.17, 15) is 25.2 Å². The van der Waals surface area contributed by atoms with E-state index in [1.54, 1.807) is 0 Å². The van der Waals surface area contributed by atoms with Gasteiger partial charge in [0.2, 0.25) is 5.91 Å². The Labute approximate surface area is 400 Å². The third-order valence-corrected chi connectivity index (χ3v) is 14.0. The average molecular weight is 907 g/mol. The number of carbonyl (C=O) groups excluding carboxylic acids is 1. The van der Waals surface area contributed by atoms with Crippen molar-refractivity contribution >= 4 is 5.91 Å². The van der Waals surface area contributed by atoms with E-state index >= 15 is 0 Å². The molecule has 0 aliphatic heterocycles. The minimum Gasteiger partial charge on any atom is -0.394 e. The normalized spacial score (nSPS) is 13.8. The molecule has 382 valence electrons. The fourth-order valence-corrected chi connectivity index (χ4v) is 9.40. The summed E-state index contributed by atoms with van der Waals surface area (Å²) in [4.78, 5) is 12.6. The Balaban J connectivity index is 3.60. The van der Waals surface area contributed by atoms with E-state index in [0.29, 0.717) is 12.8 Å². The largest absolute Gasteiger partial charge is 0.394 e. The predicted molar refractivity (Wildman–Crippen MR) is 279 cm³/mol. The van der Waals surface area contributed by atoms with Crippen LogP contribution in [0.15, 0.2) is 12.2 Å². The third-order valence-electron chi connectivity index (χ3n) is 14.0. The van der Waals surface area contributed by atoms with Crippen LogP contribution >= 0.6 is 0 Å². The molecular weight excluding hydrogens is 791 g/mol. The molecule has 1 amide bonds. The Morgan fingerprint density at radius 2 is 0.625 bits per heavy atom. The standard InChI is InChI=1S/C58H115NO5/c1-3-5-7-9-11-13-15-17-19-21-23-25-27-29-31-33-35-37-39-41-43-45-47-49-51-55(61)57(63)54(53-60)59-58(64)56(62)52-50-48-46-44-42-40-38-36-34-32-30-28-26-24-22-20-18-16-14-12-10-8-6-4-2/h30,32,54-57,60-63H,3-29,31,33-53H2,1-2H3,(H,59,64)/b32-30-. The summed E-state index contributed by atoms with van der Waals surface area (Å²) in [6.45, 7) is 4.10. The highest BCUT2D eigenvalue weighted by atomic mass is 16.3. The maximum Gasteiger partial charge on any atom is 0.249 e. The first-order valence-corrected chi connectivity index (χ1v) is 29.1. The fraction of sp³-hybridized carbons (Fsp3) is 0.948. The number of amides is 1. The lowest BCUT2D eigenvalue weighted by atomic mass is 9.99. The smallest absolute Gasteiger partial charge is 0.249 e. The molecule has 0 aliphatic carbocycles. The van der Waals surface area contributed by atoms with Crippen LogP contribution in [0.2, 0.25) is 0 Å². The van der Waals surface area contributed by atoms with Crippen LogP contribution in [0.1, 0.15) is 322 Å². The Hall–Kier alpha value is -0.950. The molecule has 0 rings (SSSR count). The molecule has 0 saturated heterocycles. The van der Waals surface area contributed by atoms with Gasteiger partial charge in [0.15, 0.2) is 0 Å². The summed E-state index contributed by atoms with van der Waals surface area (Å²) >= 11 is 0. The maximum absolute atomic E-state index is 12.6. The van der Waals surface area contributed by atoms with E-state index < -0.39 is 36.9 Å². The first-order valence-electron chi connectivity index (χ1n) is 29.1. The second kappa shape index (κ2) is 53.0. The zero-order valence-electron chi connectivity index (χ0n) is 43.3. The summed E-state index contributed by atoms with van der Waals surface area (Å²) in [5.41, 5.74) is 0. The van der Waals surface area contributed by atoms with Gasteiger partial charge in [-0.05, 0) is 38.5 Å². The van der Waals surface area contributed by atoms with Crippen LogP contribution in [-0.2, 0) is 4.79 Å². The fourth-order valence-electron chi connectivity index (χ4n) is 9.40. The number of aliphatic hydroxyl groups excluding tert-OH is 4. The van der Waals surface area contributed by atoms with Gasteiger partial charge in [-0.25, -0.2) is 0 Å². The van der Waals surface area contributed by atoms with Crippen molar-refractivity contribution in [3.05, 3.63) is 12.2 Å². The van der Waals surface area contributed by atoms with E-state index in [-0.39, 0.29) is 0 Å². The van der Waals surface area contributed by atoms with Gasteiger partial charge in [-0.3, -0.25) is 4.79 Å². The van der Waals surface area contributed by atoms with Gasteiger partial charge in [0, 0.05) is 0 Å². The van der Waals surface area contributed by atoms with E-state index in [0.717, 1.165) is 38.5 Å². The lowest BCUT2D eigenvalue weighted by Crippen LogP contribution is -2.53. The summed E-state index contributed by atoms with van der Waals surface area (Å²) in [5, 5.41) is 44.1. The molecule has 0 heterocycles. The molecule has 0 spiro atoms. The second-order valence-corrected chi connectivity index (χ2v) is 20.3. The van der Waals surface area contributed by atoms with Gasteiger partial charge >= 0.3 is 0 Å². The van der Waals surface area contributed by atoms with Crippen molar-refractivity contribution in [2.45, 2.75) is 346 Å². The molecule has 0 radical (unpaired) electrons. The van der Waals surface area contributed by atoms with Gasteiger partial charge in [-0.15, -0.1) is 0 Å². The van der Waals surface area contributed by atoms with Gasteiger partial charge in [-0.1, -0.05) is 296 Å². The number of unbranched alkanes of at least 4 members (excludes halogenated alkanes) is 43. The number of hydrogen-bond donors (Lipinski definition) is 5. The Kier molecular flexibility index (Phi) is 52.2. The molecule has 4 atom stereocenters. The van der Waals surface area contributed by atoms with Crippen molar-refractivity contribution in [1.29, 1.82) is 0 Å². The number of carbonyl (C=O) groups is 1. The summed E-state index contributed by atoms with van der Waals surface area (Å²) in [6.07, 6.45) is 62.8. The van der Waals surface area contributed by atoms with Crippen LogP contribution < -0.4 is 5.32 Å². The average Bonchev–Trinajstić information content (AvgIpc) is 3.30. The Morgan fingerprint density at radius 1 is 0.375 bits per heavy atom. The highest BCUT2D eigenvalue weighted by Crippen LogP contribution is 2.18. The Bertz CT molecular complexity index is 928. The topological polar surface area (TPSA) is 110 Å². The van der Waals surface area contributed by atoms with Gasteiger partial charge in [0.1, 0.15) is 12.2 Å². The van der Waals surface area contributed by atoms with Crippen molar-refractivity contribution in [1.82, 2.24) is 5.32 Å². The quantitative estimate of drug-likeness (QED) is 0.0308. The monoisotopic (exact) mass is 906 g/mol. The first kappa shape index (κ1) is 63.0. The number of allylic oxidation sites excluding steroid dienone is 2. The molecule has 0 fully saturated rings. The van der Waals surface area contributed by atoms with Crippen LogP contribution in [0, 0.1) is 0 Å². The molecule has 64 heavy (non-hydrogen) atoms. The van der Waals surface area contributed by atoms with E-state index in [2.05, 4.69) is 31.3 Å². The molecule has 0 saturated carbocycles. The summed E-state index contributed by atoms with van der Waals surface area (Å²) in [7, 11) is 0. The van der Waals surface area contributed by atoms with E-state index in [4.69, 9.17) is 0 Å². The number of rotatable bonds is 54. The van der Waals surface area contributed by atoms with Crippen LogP contribution in [0.5, 0.6) is 0 Å². The first-order chi connectivity index (χ1) is 31.5. The number of aliphatic hydroxyl groups is 4. The van der Waals surface area contributed by atoms with Crippen molar-refractivity contribution < 1.29 is 25.2 Å². The minimum atomic E-state index is -1.26. The predicted octanol–water partition coefficient (Wildman–Crippen LogP) is 16.9. The molecule has 4 unspecified atom stereocenters. The van der Waals surface area contributed by atoms with Crippen molar-refractivity contribution in [3.63, 3.8) is 0 Å². The molecule has 0 bridgehead atoms. The van der Waals surface area contributed by atoms with Crippen LogP contribution in [-0.4, -0.2) is 57.3 Å². The minimum absolute atomic E-state index is 0.369. The molecule has 6 heteroatoms. The van der Waals surface area contributed by atoms with Crippen LogP contribution in [0.3, 0.4) is 0 Å². The molecular formula is C58H115NO5. The second-order valence-electron chi connectivity index (χ2n) is 20.3. The van der Waals surface area contributed by atoms with Crippen molar-refractivity contribution in [3.8, 4) is 0 Å². The van der Waals surface area contributed by atoms with Gasteiger partial charge in [-0.2, -0.15) is 0 Å². The van der Waals surface area contributed by atoms with E-state index in [1.165, 1.54) is 257 Å². The van der Waals surface area contributed by atoms with Gasteiger partial charge < -0.3 is 25.7 Å². The summed E-state index contributed by atoms with van der Waals surface area (Å²) in [5.74, 6) is -0.580. The molecule has 6 nitrogen and oxygen atoms in total. The van der Waals surface area contributed by atoms with Crippen molar-refractivity contribution in [2.24, 2.45) is 0 Å². The molecule has 0 aliphatic rings. The molecule has 5 N–H and O–H groups in total. The van der Waals surface area contributed by atoms with E-state index in [1.807, 2.05) is 0 Å². The van der Waals surface area contributed by atoms with Crippen LogP contribution in [0.4, 0.5) is 0 Å². The van der Waals surface area contributed by atoms with Crippen molar-refractivity contribution in [2.75, 3.05) is 6.61 Å². The molecule has 0 aromatic heterocycles. The lowest BCUT2D eigenvalue weighted by Gasteiger charge is -2.27. The molecule has 0 aromatic carbocycles. The number of nitrogens with one attached hydrogen (secondary N) is 1. The zero-order chi connectivity index (χ0) is 46.7. The highest BCUT2D eigenvalue weighted by Gasteiger charge is 2.28. The third kappa shape index (κ3) is 46.2. The zero-order valence-corrected chi connectivity index (χ0v) is 43.3. The lowest BCUT2D eigenvalue weighted by molar-refractivity contribution is -0.132. The maximum atomic E-state index is 12.6. The highest BCUT2D eigenvalue weighted by molar-refractivity contribution is 5.80.